The van der Waals surface area contributed by atoms with Gasteiger partial charge in [-0.15, -0.1) is 0 Å². The minimum Gasteiger partial charge on any atom is -0.507 e. The molecule has 0 fully saturated rings. The number of nitrogens with one attached hydrogen (secondary N) is 1. The first kappa shape index (κ1) is 15.8. The van der Waals surface area contributed by atoms with Crippen LogP contribution in [0.1, 0.15) is 29.6 Å². The standard InChI is InChI=1S/C14H21N3O3/c1-16-14(15)17-9-5-2-6-10-20-13(19)11-7-3-4-8-12(11)18/h3-4,7-8,18H,2,5-6,9-10H2,1H3,(H3,15,16,17). The van der Waals surface area contributed by atoms with Gasteiger partial charge in [-0.1, -0.05) is 12.1 Å². The molecule has 20 heavy (non-hydrogen) atoms. The largest absolute Gasteiger partial charge is 0.507 e. The van der Waals surface area contributed by atoms with Crippen molar-refractivity contribution in [1.29, 1.82) is 0 Å². The molecule has 0 bridgehead atoms. The maximum absolute atomic E-state index is 11.7. The van der Waals surface area contributed by atoms with Gasteiger partial charge in [0.05, 0.1) is 6.61 Å². The first-order valence-electron chi connectivity index (χ1n) is 6.56. The molecule has 6 heteroatoms. The zero-order valence-electron chi connectivity index (χ0n) is 11.6. The number of carbonyl (C=O) groups excluding carboxylic acids is 1. The maximum Gasteiger partial charge on any atom is 0.341 e. The fourth-order valence-corrected chi connectivity index (χ4v) is 1.59. The predicted molar refractivity (Wildman–Crippen MR) is 77.8 cm³/mol. The summed E-state index contributed by atoms with van der Waals surface area (Å²) in [5.74, 6) is -0.129. The van der Waals surface area contributed by atoms with Crippen LogP contribution in [0, 0.1) is 0 Å². The van der Waals surface area contributed by atoms with Gasteiger partial charge >= 0.3 is 5.97 Å². The summed E-state index contributed by atoms with van der Waals surface area (Å²) in [6.45, 7) is 1.08. The van der Waals surface area contributed by atoms with Crippen LogP contribution >= 0.6 is 0 Å². The number of nitrogens with two attached hydrogens (primary N) is 1. The van der Waals surface area contributed by atoms with Crippen LogP contribution in [0.15, 0.2) is 29.3 Å². The van der Waals surface area contributed by atoms with Gasteiger partial charge in [0.2, 0.25) is 0 Å². The molecule has 110 valence electrons. The summed E-state index contributed by atoms with van der Waals surface area (Å²) < 4.78 is 5.09. The predicted octanol–water partition coefficient (Wildman–Crippen LogP) is 1.25. The highest BCUT2D eigenvalue weighted by Crippen LogP contribution is 2.16. The zero-order valence-corrected chi connectivity index (χ0v) is 11.6. The SMILES string of the molecule is CN=C(N)NCCCCCOC(=O)c1ccccc1O. The lowest BCUT2D eigenvalue weighted by Crippen LogP contribution is -2.32. The molecule has 0 spiro atoms. The van der Waals surface area contributed by atoms with Gasteiger partial charge in [0.15, 0.2) is 5.96 Å². The molecule has 4 N–H and O–H groups in total. The summed E-state index contributed by atoms with van der Waals surface area (Å²) in [5.41, 5.74) is 5.67. The Morgan fingerprint density at radius 3 is 2.80 bits per heavy atom. The highest BCUT2D eigenvalue weighted by atomic mass is 16.5. The van der Waals surface area contributed by atoms with Crippen molar-refractivity contribution >= 4 is 11.9 Å². The Hall–Kier alpha value is -2.24. The van der Waals surface area contributed by atoms with E-state index in [1.54, 1.807) is 19.2 Å². The number of hydrogen-bond acceptors (Lipinski definition) is 4. The molecule has 0 aromatic heterocycles. The van der Waals surface area contributed by atoms with Crippen LogP contribution in [0.2, 0.25) is 0 Å². The van der Waals surface area contributed by atoms with Crippen LogP contribution in [-0.4, -0.2) is 37.2 Å². The minimum absolute atomic E-state index is 0.0592. The Morgan fingerprint density at radius 2 is 2.10 bits per heavy atom. The summed E-state index contributed by atoms with van der Waals surface area (Å²) >= 11 is 0. The zero-order chi connectivity index (χ0) is 14.8. The second-order valence-corrected chi connectivity index (χ2v) is 4.25. The number of phenols is 1. The molecule has 0 saturated carbocycles. The Kier molecular flexibility index (Phi) is 6.95. The van der Waals surface area contributed by atoms with E-state index in [-0.39, 0.29) is 11.3 Å². The molecule has 1 aromatic rings. The van der Waals surface area contributed by atoms with Crippen LogP contribution in [0.5, 0.6) is 5.75 Å². The molecular weight excluding hydrogens is 258 g/mol. The normalized spacial score (nSPS) is 11.2. The summed E-state index contributed by atoms with van der Waals surface area (Å²) in [5, 5.41) is 12.4. The monoisotopic (exact) mass is 279 g/mol. The summed E-state index contributed by atoms with van der Waals surface area (Å²) in [7, 11) is 1.63. The fraction of sp³-hybridized carbons (Fsp3) is 0.429. The number of unbranched alkanes of at least 4 members (excludes halogenated alkanes) is 2. The topological polar surface area (TPSA) is 96.9 Å². The number of para-hydroxylation sites is 1. The van der Waals surface area contributed by atoms with Crippen LogP contribution in [0.3, 0.4) is 0 Å². The van der Waals surface area contributed by atoms with Crippen LogP contribution in [0.4, 0.5) is 0 Å². The van der Waals surface area contributed by atoms with Gasteiger partial charge in [0.1, 0.15) is 11.3 Å². The van der Waals surface area contributed by atoms with Crippen molar-refractivity contribution in [1.82, 2.24) is 5.32 Å². The number of aliphatic imine (C=N–C) groups is 1. The third-order valence-corrected chi connectivity index (χ3v) is 2.73. The highest BCUT2D eigenvalue weighted by Gasteiger charge is 2.10. The van der Waals surface area contributed by atoms with E-state index in [0.29, 0.717) is 12.6 Å². The number of phenolic OH excluding ortho intramolecular Hbond substituents is 1. The van der Waals surface area contributed by atoms with Crippen molar-refractivity contribution in [2.45, 2.75) is 19.3 Å². The van der Waals surface area contributed by atoms with E-state index in [0.717, 1.165) is 25.8 Å². The van der Waals surface area contributed by atoms with Crippen molar-refractivity contribution in [2.24, 2.45) is 10.7 Å². The number of nitrogens with zero attached hydrogens (tertiary/aromatic N) is 1. The lowest BCUT2D eigenvalue weighted by Gasteiger charge is -2.07. The Morgan fingerprint density at radius 1 is 1.35 bits per heavy atom. The van der Waals surface area contributed by atoms with E-state index < -0.39 is 5.97 Å². The summed E-state index contributed by atoms with van der Waals surface area (Å²) in [4.78, 5) is 15.4. The number of hydrogen-bond donors (Lipinski definition) is 3. The van der Waals surface area contributed by atoms with Crippen molar-refractivity contribution in [3.05, 3.63) is 29.8 Å². The fourth-order valence-electron chi connectivity index (χ4n) is 1.59. The molecule has 0 amide bonds. The summed E-state index contributed by atoms with van der Waals surface area (Å²) in [6, 6.07) is 6.34. The second-order valence-electron chi connectivity index (χ2n) is 4.25. The van der Waals surface area contributed by atoms with E-state index >= 15 is 0 Å². The second kappa shape index (κ2) is 8.79. The van der Waals surface area contributed by atoms with Crippen LogP contribution in [0.25, 0.3) is 0 Å². The molecule has 0 aliphatic carbocycles. The third kappa shape index (κ3) is 5.60. The van der Waals surface area contributed by atoms with E-state index in [1.807, 2.05) is 0 Å². The molecular formula is C14H21N3O3. The molecule has 0 aliphatic rings. The lowest BCUT2D eigenvalue weighted by atomic mass is 10.2. The number of esters is 1. The van der Waals surface area contributed by atoms with E-state index in [9.17, 15) is 9.90 Å². The van der Waals surface area contributed by atoms with Crippen molar-refractivity contribution in [3.63, 3.8) is 0 Å². The molecule has 0 saturated heterocycles. The number of guanidine groups is 1. The third-order valence-electron chi connectivity index (χ3n) is 2.73. The Balaban J connectivity index is 2.13. The number of rotatable bonds is 7. The van der Waals surface area contributed by atoms with Gasteiger partial charge in [-0.05, 0) is 31.4 Å². The Labute approximate surface area is 118 Å². The highest BCUT2D eigenvalue weighted by molar-refractivity contribution is 5.92. The van der Waals surface area contributed by atoms with E-state index in [4.69, 9.17) is 10.5 Å². The molecule has 0 atom stereocenters. The number of carbonyl (C=O) groups is 1. The van der Waals surface area contributed by atoms with Crippen molar-refractivity contribution in [2.75, 3.05) is 20.2 Å². The van der Waals surface area contributed by atoms with Gasteiger partial charge in [0, 0.05) is 13.6 Å². The van der Waals surface area contributed by atoms with Gasteiger partial charge in [-0.25, -0.2) is 4.79 Å². The molecule has 6 nitrogen and oxygen atoms in total. The molecule has 0 heterocycles. The molecule has 1 rings (SSSR count). The van der Waals surface area contributed by atoms with E-state index in [1.165, 1.54) is 12.1 Å². The molecule has 0 unspecified atom stereocenters. The summed E-state index contributed by atoms with van der Waals surface area (Å²) in [6.07, 6.45) is 2.60. The maximum atomic E-state index is 11.7. The van der Waals surface area contributed by atoms with Crippen LogP contribution < -0.4 is 11.1 Å². The Bertz CT molecular complexity index is 461. The van der Waals surface area contributed by atoms with Crippen molar-refractivity contribution < 1.29 is 14.6 Å². The van der Waals surface area contributed by atoms with E-state index in [2.05, 4.69) is 10.3 Å². The number of benzene rings is 1. The minimum atomic E-state index is -0.497. The molecule has 1 aromatic carbocycles. The number of ether oxygens (including phenoxy) is 1. The number of aromatic hydroxyl groups is 1. The van der Waals surface area contributed by atoms with Crippen molar-refractivity contribution in [3.8, 4) is 5.75 Å². The smallest absolute Gasteiger partial charge is 0.341 e. The van der Waals surface area contributed by atoms with Gasteiger partial charge in [0.25, 0.3) is 0 Å². The lowest BCUT2D eigenvalue weighted by molar-refractivity contribution is 0.0494. The average molecular weight is 279 g/mol. The first-order valence-corrected chi connectivity index (χ1v) is 6.56. The molecule has 0 radical (unpaired) electrons. The van der Waals surface area contributed by atoms with Gasteiger partial charge < -0.3 is 20.9 Å². The van der Waals surface area contributed by atoms with Gasteiger partial charge in [-0.2, -0.15) is 0 Å². The average Bonchev–Trinajstić information content (AvgIpc) is 2.46. The van der Waals surface area contributed by atoms with Gasteiger partial charge in [-0.3, -0.25) is 4.99 Å². The first-order chi connectivity index (χ1) is 9.65. The quantitative estimate of drug-likeness (QED) is 0.302. The van der Waals surface area contributed by atoms with Crippen LogP contribution in [-0.2, 0) is 4.74 Å². The molecule has 0 aliphatic heterocycles.